The van der Waals surface area contributed by atoms with Gasteiger partial charge in [-0.2, -0.15) is 0 Å². The van der Waals surface area contributed by atoms with Crippen LogP contribution in [-0.4, -0.2) is 11.0 Å². The highest BCUT2D eigenvalue weighted by atomic mass is 35.5. The van der Waals surface area contributed by atoms with E-state index in [1.54, 1.807) is 35.2 Å². The zero-order valence-electron chi connectivity index (χ0n) is 14.5. The summed E-state index contributed by atoms with van der Waals surface area (Å²) in [7, 11) is 0. The summed E-state index contributed by atoms with van der Waals surface area (Å²) in [6, 6.07) is 15.9. The lowest BCUT2D eigenvalue weighted by atomic mass is 9.90. The molecule has 1 saturated carbocycles. The second-order valence-electron chi connectivity index (χ2n) is 7.10. The molecule has 1 aliphatic carbocycles. The molecule has 3 aromatic carbocycles. The molecule has 6 heteroatoms. The van der Waals surface area contributed by atoms with Crippen LogP contribution in [0, 0.1) is 5.92 Å². The second kappa shape index (κ2) is 6.41. The van der Waals surface area contributed by atoms with E-state index in [1.165, 1.54) is 0 Å². The van der Waals surface area contributed by atoms with E-state index in [9.17, 15) is 9.90 Å². The largest absolute Gasteiger partial charge is 0.508 e. The number of aromatic hydroxyl groups is 1. The summed E-state index contributed by atoms with van der Waals surface area (Å²) >= 11 is 19.3. The zero-order chi connectivity index (χ0) is 19.6. The Hall–Kier alpha value is -2.20. The molecule has 0 bridgehead atoms. The number of fused-ring (bicyclic) bond motifs is 3. The van der Waals surface area contributed by atoms with Crippen LogP contribution in [0.15, 0.2) is 54.6 Å². The summed E-state index contributed by atoms with van der Waals surface area (Å²) in [6.45, 7) is 0. The molecule has 1 N–H and O–H groups in total. The highest BCUT2D eigenvalue weighted by Crippen LogP contribution is 2.61. The molecule has 0 saturated heterocycles. The molecule has 0 radical (unpaired) electrons. The smallest absolute Gasteiger partial charge is 0.235 e. The topological polar surface area (TPSA) is 40.5 Å². The summed E-state index contributed by atoms with van der Waals surface area (Å²) in [5.74, 6) is -0.0190. The number of carbonyl (C=O) groups is 1. The van der Waals surface area contributed by atoms with Crippen molar-refractivity contribution in [2.75, 3.05) is 4.90 Å². The van der Waals surface area contributed by atoms with Crippen molar-refractivity contribution in [3.05, 3.63) is 75.2 Å². The molecule has 1 heterocycles. The third kappa shape index (κ3) is 2.61. The minimum atomic E-state index is -0.120. The zero-order valence-corrected chi connectivity index (χ0v) is 16.8. The van der Waals surface area contributed by atoms with Gasteiger partial charge < -0.3 is 5.11 Å². The fourth-order valence-electron chi connectivity index (χ4n) is 4.11. The first-order valence-electron chi connectivity index (χ1n) is 8.87. The molecule has 5 rings (SSSR count). The van der Waals surface area contributed by atoms with Crippen LogP contribution in [0.3, 0.4) is 0 Å². The highest BCUT2D eigenvalue weighted by molar-refractivity contribution is 6.40. The van der Waals surface area contributed by atoms with Gasteiger partial charge in [-0.25, -0.2) is 0 Å². The van der Waals surface area contributed by atoms with Crippen LogP contribution in [0.5, 0.6) is 5.75 Å². The molecule has 2 unspecified atom stereocenters. The van der Waals surface area contributed by atoms with Crippen LogP contribution >= 0.6 is 34.8 Å². The van der Waals surface area contributed by atoms with Gasteiger partial charge >= 0.3 is 0 Å². The first-order chi connectivity index (χ1) is 13.5. The lowest BCUT2D eigenvalue weighted by Gasteiger charge is -2.32. The summed E-state index contributed by atoms with van der Waals surface area (Å²) in [5, 5.41) is 11.8. The van der Waals surface area contributed by atoms with Crippen molar-refractivity contribution in [3.63, 3.8) is 0 Å². The fourth-order valence-corrected chi connectivity index (χ4v) is 4.91. The maximum atomic E-state index is 13.2. The molecule has 3 aromatic rings. The Morgan fingerprint density at radius 2 is 1.54 bits per heavy atom. The van der Waals surface area contributed by atoms with Gasteiger partial charge in [0.05, 0.1) is 21.4 Å². The Morgan fingerprint density at radius 3 is 2.25 bits per heavy atom. The Balaban J connectivity index is 1.81. The molecule has 0 aromatic heterocycles. The number of halogens is 3. The van der Waals surface area contributed by atoms with Crippen LogP contribution < -0.4 is 4.90 Å². The molecule has 1 fully saturated rings. The maximum absolute atomic E-state index is 13.2. The van der Waals surface area contributed by atoms with E-state index in [0.29, 0.717) is 26.4 Å². The van der Waals surface area contributed by atoms with Gasteiger partial charge in [0.1, 0.15) is 5.75 Å². The normalized spacial score (nSPS) is 20.0. The van der Waals surface area contributed by atoms with Crippen molar-refractivity contribution in [2.24, 2.45) is 5.92 Å². The van der Waals surface area contributed by atoms with Crippen molar-refractivity contribution in [2.45, 2.75) is 12.3 Å². The summed E-state index contributed by atoms with van der Waals surface area (Å²) in [6.07, 6.45) is 0.757. The molecule has 1 amide bonds. The lowest BCUT2D eigenvalue weighted by molar-refractivity contribution is -0.119. The van der Waals surface area contributed by atoms with Gasteiger partial charge in [0.25, 0.3) is 0 Å². The van der Waals surface area contributed by atoms with Gasteiger partial charge in [-0.1, -0.05) is 59.1 Å². The van der Waals surface area contributed by atoms with E-state index in [2.05, 4.69) is 0 Å². The van der Waals surface area contributed by atoms with Gasteiger partial charge in [0, 0.05) is 22.6 Å². The molecule has 0 spiro atoms. The van der Waals surface area contributed by atoms with Crippen molar-refractivity contribution in [3.8, 4) is 16.9 Å². The maximum Gasteiger partial charge on any atom is 0.235 e. The monoisotopic (exact) mass is 429 g/mol. The Kier molecular flexibility index (Phi) is 4.09. The van der Waals surface area contributed by atoms with Crippen molar-refractivity contribution in [1.82, 2.24) is 0 Å². The van der Waals surface area contributed by atoms with E-state index in [-0.39, 0.29) is 23.5 Å². The minimum absolute atomic E-state index is 0.0498. The number of carbonyl (C=O) groups excluding carboxylic acids is 1. The number of hydrogen-bond donors (Lipinski definition) is 1. The highest BCUT2D eigenvalue weighted by Gasteiger charge is 2.53. The number of para-hydroxylation sites is 1. The number of nitrogens with zero attached hydrogens (tertiary/aromatic N) is 1. The predicted octanol–water partition coefficient (Wildman–Crippen LogP) is 6.80. The fraction of sp³-hybridized carbons (Fsp3) is 0.136. The SMILES string of the molecule is O=C1C2CC2c2c(-c3ccccc3Cl)cc(O)cc2N1c1c(Cl)cccc1Cl. The van der Waals surface area contributed by atoms with Crippen LogP contribution in [0.1, 0.15) is 17.9 Å². The second-order valence-corrected chi connectivity index (χ2v) is 8.32. The quantitative estimate of drug-likeness (QED) is 0.485. The number of anilines is 2. The number of phenols is 1. The van der Waals surface area contributed by atoms with Crippen LogP contribution in [0.4, 0.5) is 11.4 Å². The lowest BCUT2D eigenvalue weighted by Crippen LogP contribution is -2.32. The first-order valence-corrected chi connectivity index (χ1v) is 10.0. The number of hydrogen-bond acceptors (Lipinski definition) is 2. The van der Waals surface area contributed by atoms with Gasteiger partial charge in [-0.15, -0.1) is 0 Å². The third-order valence-electron chi connectivity index (χ3n) is 5.41. The number of phenolic OH excluding ortho intramolecular Hbond substituents is 1. The molecule has 3 nitrogen and oxygen atoms in total. The van der Waals surface area contributed by atoms with Crippen molar-refractivity contribution >= 4 is 52.1 Å². The minimum Gasteiger partial charge on any atom is -0.508 e. The van der Waals surface area contributed by atoms with Crippen molar-refractivity contribution in [1.29, 1.82) is 0 Å². The van der Waals surface area contributed by atoms with Crippen LogP contribution in [0.2, 0.25) is 15.1 Å². The predicted molar refractivity (Wildman–Crippen MR) is 113 cm³/mol. The summed E-state index contributed by atoms with van der Waals surface area (Å²) in [4.78, 5) is 14.7. The molecule has 28 heavy (non-hydrogen) atoms. The average molecular weight is 431 g/mol. The molecular weight excluding hydrogens is 417 g/mol. The first kappa shape index (κ1) is 17.9. The standard InChI is InChI=1S/C22H14Cl3NO2/c23-16-5-2-1-4-12(16)13-8-11(27)9-19-20(13)14-10-15(14)22(28)26(19)21-17(24)6-3-7-18(21)25/h1-9,14-15,27H,10H2. The summed E-state index contributed by atoms with van der Waals surface area (Å²) in [5.41, 5.74) is 3.69. The van der Waals surface area contributed by atoms with Crippen molar-refractivity contribution < 1.29 is 9.90 Å². The van der Waals surface area contributed by atoms with Gasteiger partial charge in [-0.3, -0.25) is 9.69 Å². The number of benzene rings is 3. The van der Waals surface area contributed by atoms with Gasteiger partial charge in [0.15, 0.2) is 0 Å². The molecular formula is C22H14Cl3NO2. The van der Waals surface area contributed by atoms with E-state index in [1.807, 2.05) is 24.3 Å². The summed E-state index contributed by atoms with van der Waals surface area (Å²) < 4.78 is 0. The number of rotatable bonds is 2. The number of amides is 1. The van der Waals surface area contributed by atoms with Gasteiger partial charge in [-0.05, 0) is 47.7 Å². The third-order valence-corrected chi connectivity index (χ3v) is 6.35. The molecule has 2 atom stereocenters. The average Bonchev–Trinajstić information content (AvgIpc) is 3.44. The van der Waals surface area contributed by atoms with E-state index in [4.69, 9.17) is 34.8 Å². The van der Waals surface area contributed by atoms with Gasteiger partial charge in [0.2, 0.25) is 5.91 Å². The molecule has 2 aliphatic rings. The Labute approximate surface area is 177 Å². The molecule has 1 aliphatic heterocycles. The van der Waals surface area contributed by atoms with E-state index < -0.39 is 0 Å². The van der Waals surface area contributed by atoms with E-state index in [0.717, 1.165) is 23.1 Å². The van der Waals surface area contributed by atoms with E-state index >= 15 is 0 Å². The Bertz CT molecular complexity index is 1120. The van der Waals surface area contributed by atoms with Crippen LogP contribution in [-0.2, 0) is 4.79 Å². The van der Waals surface area contributed by atoms with Crippen LogP contribution in [0.25, 0.3) is 11.1 Å². The molecule has 140 valence electrons. The Morgan fingerprint density at radius 1 is 0.857 bits per heavy atom.